The van der Waals surface area contributed by atoms with Crippen molar-refractivity contribution in [2.24, 2.45) is 0 Å². The Morgan fingerprint density at radius 2 is 2.28 bits per heavy atom. The molecule has 150 valence electrons. The van der Waals surface area contributed by atoms with E-state index in [2.05, 4.69) is 15.3 Å². The first-order chi connectivity index (χ1) is 14.0. The number of aromatic amines is 1. The monoisotopic (exact) mass is 430 g/mol. The number of nitrogens with zero attached hydrogens (tertiary/aromatic N) is 2. The fourth-order valence-electron chi connectivity index (χ4n) is 2.97. The maximum absolute atomic E-state index is 12.9. The Bertz CT molecular complexity index is 990. The summed E-state index contributed by atoms with van der Waals surface area (Å²) < 4.78 is 11.0. The highest BCUT2D eigenvalue weighted by atomic mass is 32.2. The SMILES string of the molecule is CC(C(=O)NCCc1cnc[nH]1)N1C(=O)C(=Cc2ccc3c(c2)OCO3)SC1=S. The average Bonchev–Trinajstić information content (AvgIpc) is 3.43. The van der Waals surface area contributed by atoms with E-state index in [1.165, 1.54) is 16.7 Å². The van der Waals surface area contributed by atoms with Crippen molar-refractivity contribution in [1.29, 1.82) is 0 Å². The summed E-state index contributed by atoms with van der Waals surface area (Å²) in [7, 11) is 0. The predicted molar refractivity (Wildman–Crippen MR) is 112 cm³/mol. The number of rotatable bonds is 6. The normalized spacial score (nSPS) is 17.8. The Labute approximate surface area is 176 Å². The van der Waals surface area contributed by atoms with Crippen LogP contribution < -0.4 is 14.8 Å². The number of carbonyl (C=O) groups excluding carboxylic acids is 2. The summed E-state index contributed by atoms with van der Waals surface area (Å²) in [5.41, 5.74) is 1.72. The van der Waals surface area contributed by atoms with Crippen LogP contribution in [0.3, 0.4) is 0 Å². The van der Waals surface area contributed by atoms with Gasteiger partial charge in [-0.3, -0.25) is 14.5 Å². The number of carbonyl (C=O) groups is 2. The zero-order valence-corrected chi connectivity index (χ0v) is 17.1. The zero-order valence-electron chi connectivity index (χ0n) is 15.5. The smallest absolute Gasteiger partial charge is 0.266 e. The summed E-state index contributed by atoms with van der Waals surface area (Å²) in [6, 6.07) is 4.74. The zero-order chi connectivity index (χ0) is 20.4. The van der Waals surface area contributed by atoms with Crippen LogP contribution in [0.5, 0.6) is 11.5 Å². The third-order valence-corrected chi connectivity index (χ3v) is 5.86. The number of hydrogen-bond donors (Lipinski definition) is 2. The molecule has 1 unspecified atom stereocenters. The third kappa shape index (κ3) is 4.13. The maximum atomic E-state index is 12.9. The van der Waals surface area contributed by atoms with Crippen LogP contribution >= 0.6 is 24.0 Å². The summed E-state index contributed by atoms with van der Waals surface area (Å²) >= 11 is 6.53. The predicted octanol–water partition coefficient (Wildman–Crippen LogP) is 2.09. The lowest BCUT2D eigenvalue weighted by atomic mass is 10.2. The van der Waals surface area contributed by atoms with E-state index in [-0.39, 0.29) is 18.6 Å². The second-order valence-corrected chi connectivity index (χ2v) is 8.13. The molecule has 1 fully saturated rings. The van der Waals surface area contributed by atoms with Gasteiger partial charge in [0.05, 0.1) is 11.2 Å². The first kappa shape index (κ1) is 19.5. The van der Waals surface area contributed by atoms with Crippen molar-refractivity contribution in [2.45, 2.75) is 19.4 Å². The average molecular weight is 431 g/mol. The lowest BCUT2D eigenvalue weighted by Crippen LogP contribution is -2.47. The Morgan fingerprint density at radius 1 is 1.45 bits per heavy atom. The van der Waals surface area contributed by atoms with Crippen molar-refractivity contribution in [3.63, 3.8) is 0 Å². The molecule has 10 heteroatoms. The Balaban J connectivity index is 1.41. The summed E-state index contributed by atoms with van der Waals surface area (Å²) in [5, 5.41) is 2.83. The van der Waals surface area contributed by atoms with Crippen molar-refractivity contribution in [1.82, 2.24) is 20.2 Å². The molecule has 0 radical (unpaired) electrons. The number of fused-ring (bicyclic) bond motifs is 1. The number of amides is 2. The topological polar surface area (TPSA) is 96.6 Å². The van der Waals surface area contributed by atoms with Gasteiger partial charge in [-0.15, -0.1) is 0 Å². The van der Waals surface area contributed by atoms with Gasteiger partial charge in [-0.05, 0) is 30.7 Å². The minimum absolute atomic E-state index is 0.188. The van der Waals surface area contributed by atoms with Gasteiger partial charge >= 0.3 is 0 Å². The second kappa shape index (κ2) is 8.26. The molecule has 1 aromatic heterocycles. The number of thioether (sulfide) groups is 1. The molecule has 3 heterocycles. The van der Waals surface area contributed by atoms with Gasteiger partial charge in [0.1, 0.15) is 10.4 Å². The number of H-pyrrole nitrogens is 1. The van der Waals surface area contributed by atoms with E-state index in [1.54, 1.807) is 37.7 Å². The first-order valence-electron chi connectivity index (χ1n) is 8.94. The van der Waals surface area contributed by atoms with Crippen LogP contribution in [0.25, 0.3) is 6.08 Å². The van der Waals surface area contributed by atoms with Gasteiger partial charge in [-0.2, -0.15) is 0 Å². The van der Waals surface area contributed by atoms with E-state index in [9.17, 15) is 9.59 Å². The van der Waals surface area contributed by atoms with Crippen LogP contribution in [0, 0.1) is 0 Å². The van der Waals surface area contributed by atoms with E-state index >= 15 is 0 Å². The van der Waals surface area contributed by atoms with Gasteiger partial charge < -0.3 is 19.8 Å². The number of benzene rings is 1. The molecule has 2 aliphatic rings. The van der Waals surface area contributed by atoms with E-state index in [0.717, 1.165) is 11.3 Å². The molecule has 0 bridgehead atoms. The summed E-state index contributed by atoms with van der Waals surface area (Å²) in [6.45, 7) is 2.29. The quantitative estimate of drug-likeness (QED) is 0.535. The standard InChI is InChI=1S/C19H18N4O4S2/c1-11(17(24)21-5-4-13-8-20-9-22-13)23-18(25)16(29-19(23)28)7-12-2-3-14-15(6-12)27-10-26-14/h2-3,6-9,11H,4-5,10H2,1H3,(H,20,22)(H,21,24). The van der Waals surface area contributed by atoms with Crippen LogP contribution in [0.2, 0.25) is 0 Å². The lowest BCUT2D eigenvalue weighted by Gasteiger charge is -2.22. The molecule has 2 aliphatic heterocycles. The molecule has 0 saturated carbocycles. The van der Waals surface area contributed by atoms with Crippen LogP contribution in [-0.2, 0) is 16.0 Å². The van der Waals surface area contributed by atoms with E-state index in [4.69, 9.17) is 21.7 Å². The van der Waals surface area contributed by atoms with Gasteiger partial charge in [0.15, 0.2) is 11.5 Å². The van der Waals surface area contributed by atoms with Gasteiger partial charge in [0, 0.05) is 24.9 Å². The molecular weight excluding hydrogens is 412 g/mol. The van der Waals surface area contributed by atoms with Gasteiger partial charge in [0.25, 0.3) is 5.91 Å². The highest BCUT2D eigenvalue weighted by Gasteiger charge is 2.38. The molecular formula is C19H18N4O4S2. The van der Waals surface area contributed by atoms with Crippen molar-refractivity contribution in [3.05, 3.63) is 46.9 Å². The maximum Gasteiger partial charge on any atom is 0.266 e. The highest BCUT2D eigenvalue weighted by molar-refractivity contribution is 8.26. The fourth-order valence-corrected chi connectivity index (χ4v) is 4.39. The van der Waals surface area contributed by atoms with Gasteiger partial charge in [-0.25, -0.2) is 4.98 Å². The van der Waals surface area contributed by atoms with E-state index in [1.807, 2.05) is 6.07 Å². The van der Waals surface area contributed by atoms with Crippen LogP contribution in [0.1, 0.15) is 18.2 Å². The summed E-state index contributed by atoms with van der Waals surface area (Å²) in [5.74, 6) is 0.772. The largest absolute Gasteiger partial charge is 0.454 e. The number of thiocarbonyl (C=S) groups is 1. The third-order valence-electron chi connectivity index (χ3n) is 4.53. The van der Waals surface area contributed by atoms with Gasteiger partial charge in [0.2, 0.25) is 12.7 Å². The second-order valence-electron chi connectivity index (χ2n) is 6.46. The number of aromatic nitrogens is 2. The van der Waals surface area contributed by atoms with E-state index < -0.39 is 6.04 Å². The minimum atomic E-state index is -0.702. The number of hydrogen-bond acceptors (Lipinski definition) is 7. The molecule has 1 saturated heterocycles. The first-order valence-corrected chi connectivity index (χ1v) is 10.2. The van der Waals surface area contributed by atoms with E-state index in [0.29, 0.717) is 33.7 Å². The molecule has 4 rings (SSSR count). The Morgan fingerprint density at radius 3 is 3.07 bits per heavy atom. The van der Waals surface area contributed by atoms with Crippen molar-refractivity contribution in [2.75, 3.05) is 13.3 Å². The number of nitrogens with one attached hydrogen (secondary N) is 2. The Kier molecular flexibility index (Phi) is 5.54. The molecule has 2 N–H and O–H groups in total. The van der Waals surface area contributed by atoms with Crippen molar-refractivity contribution in [3.8, 4) is 11.5 Å². The molecule has 29 heavy (non-hydrogen) atoms. The molecule has 2 aromatic rings. The van der Waals surface area contributed by atoms with Crippen LogP contribution in [0.15, 0.2) is 35.6 Å². The summed E-state index contributed by atoms with van der Waals surface area (Å²) in [6.07, 6.45) is 5.66. The van der Waals surface area contributed by atoms with Crippen LogP contribution in [-0.4, -0.2) is 50.4 Å². The Hall–Kier alpha value is -2.85. The molecule has 0 aliphatic carbocycles. The molecule has 1 aromatic carbocycles. The summed E-state index contributed by atoms with van der Waals surface area (Å²) in [4.78, 5) is 34.1. The lowest BCUT2D eigenvalue weighted by molar-refractivity contribution is -0.132. The molecule has 8 nitrogen and oxygen atoms in total. The number of imidazole rings is 1. The number of ether oxygens (including phenoxy) is 2. The highest BCUT2D eigenvalue weighted by Crippen LogP contribution is 2.37. The minimum Gasteiger partial charge on any atom is -0.454 e. The molecule has 0 spiro atoms. The fraction of sp³-hybridized carbons (Fsp3) is 0.263. The van der Waals surface area contributed by atoms with Crippen molar-refractivity contribution < 1.29 is 19.1 Å². The molecule has 1 atom stereocenters. The molecule has 2 amide bonds. The van der Waals surface area contributed by atoms with Gasteiger partial charge in [-0.1, -0.05) is 30.0 Å². The van der Waals surface area contributed by atoms with Crippen molar-refractivity contribution >= 4 is 46.2 Å². The van der Waals surface area contributed by atoms with Crippen LogP contribution in [0.4, 0.5) is 0 Å².